The Morgan fingerprint density at radius 2 is 2.44 bits per heavy atom. The Morgan fingerprint density at radius 3 is 3.12 bits per heavy atom. The van der Waals surface area contributed by atoms with Gasteiger partial charge in [0.15, 0.2) is 0 Å². The molecule has 0 saturated carbocycles. The Labute approximate surface area is 96.8 Å². The van der Waals surface area contributed by atoms with E-state index in [0.717, 1.165) is 19.4 Å². The second kappa shape index (κ2) is 7.46. The normalized spacial score (nSPS) is 20.9. The summed E-state index contributed by atoms with van der Waals surface area (Å²) in [6.07, 6.45) is 2.66. The number of rotatable bonds is 5. The van der Waals surface area contributed by atoms with Crippen LogP contribution < -0.4 is 5.32 Å². The topological polar surface area (TPSA) is 61.8 Å². The van der Waals surface area contributed by atoms with Gasteiger partial charge < -0.3 is 20.1 Å². The van der Waals surface area contributed by atoms with Crippen molar-refractivity contribution in [1.29, 1.82) is 0 Å². The molecule has 1 aliphatic rings. The molecular weight excluding hydrogens is 208 g/mol. The summed E-state index contributed by atoms with van der Waals surface area (Å²) in [5.41, 5.74) is 0. The Hall–Kier alpha value is -0.810. The molecule has 0 aromatic carbocycles. The first kappa shape index (κ1) is 13.3. The summed E-state index contributed by atoms with van der Waals surface area (Å²) in [4.78, 5) is 13.6. The molecule has 94 valence electrons. The lowest BCUT2D eigenvalue weighted by molar-refractivity contribution is 0.00438. The van der Waals surface area contributed by atoms with Crippen molar-refractivity contribution in [1.82, 2.24) is 10.2 Å². The molecule has 1 rings (SSSR count). The van der Waals surface area contributed by atoms with Crippen molar-refractivity contribution >= 4 is 6.03 Å². The number of aliphatic hydroxyl groups is 1. The van der Waals surface area contributed by atoms with Crippen LogP contribution in [-0.4, -0.2) is 55.0 Å². The number of aliphatic hydroxyl groups excluding tert-OH is 1. The van der Waals surface area contributed by atoms with Gasteiger partial charge in [-0.3, -0.25) is 0 Å². The molecule has 1 saturated heterocycles. The first-order valence-electron chi connectivity index (χ1n) is 6.02. The van der Waals surface area contributed by atoms with Crippen molar-refractivity contribution in [3.05, 3.63) is 0 Å². The highest BCUT2D eigenvalue weighted by molar-refractivity contribution is 5.74. The minimum absolute atomic E-state index is 0.0142. The molecule has 2 amide bonds. The number of urea groups is 1. The summed E-state index contributed by atoms with van der Waals surface area (Å²) in [5.74, 6) is 0. The van der Waals surface area contributed by atoms with Gasteiger partial charge in [0.1, 0.15) is 0 Å². The molecule has 0 unspecified atom stereocenters. The first-order valence-corrected chi connectivity index (χ1v) is 6.02. The van der Waals surface area contributed by atoms with Crippen molar-refractivity contribution < 1.29 is 14.6 Å². The third-order valence-electron chi connectivity index (χ3n) is 2.76. The third kappa shape index (κ3) is 3.98. The number of nitrogens with zero attached hydrogens (tertiary/aromatic N) is 1. The van der Waals surface area contributed by atoms with E-state index in [-0.39, 0.29) is 18.7 Å². The van der Waals surface area contributed by atoms with Crippen molar-refractivity contribution in [2.45, 2.75) is 32.2 Å². The van der Waals surface area contributed by atoms with Gasteiger partial charge in [0.05, 0.1) is 19.3 Å². The predicted molar refractivity (Wildman–Crippen MR) is 61.3 cm³/mol. The van der Waals surface area contributed by atoms with Crippen LogP contribution in [0.1, 0.15) is 26.2 Å². The van der Waals surface area contributed by atoms with Crippen LogP contribution in [-0.2, 0) is 4.74 Å². The fourth-order valence-electron chi connectivity index (χ4n) is 1.78. The van der Waals surface area contributed by atoms with Gasteiger partial charge in [-0.05, 0) is 12.8 Å². The Morgan fingerprint density at radius 1 is 1.62 bits per heavy atom. The van der Waals surface area contributed by atoms with Crippen molar-refractivity contribution in [3.8, 4) is 0 Å². The molecule has 1 aliphatic heterocycles. The van der Waals surface area contributed by atoms with E-state index in [2.05, 4.69) is 12.2 Å². The molecule has 1 fully saturated rings. The molecule has 0 bridgehead atoms. The fraction of sp³-hybridized carbons (Fsp3) is 0.909. The van der Waals surface area contributed by atoms with Gasteiger partial charge in [-0.15, -0.1) is 0 Å². The van der Waals surface area contributed by atoms with E-state index in [9.17, 15) is 4.79 Å². The highest BCUT2D eigenvalue weighted by Crippen LogP contribution is 2.10. The third-order valence-corrected chi connectivity index (χ3v) is 2.76. The lowest BCUT2D eigenvalue weighted by Gasteiger charge is -2.35. The number of hydrogen-bond donors (Lipinski definition) is 2. The summed E-state index contributed by atoms with van der Waals surface area (Å²) >= 11 is 0. The molecule has 0 aromatic heterocycles. The largest absolute Gasteiger partial charge is 0.396 e. The number of nitrogens with one attached hydrogen (secondary N) is 1. The van der Waals surface area contributed by atoms with Gasteiger partial charge in [-0.1, -0.05) is 13.3 Å². The molecule has 2 N–H and O–H groups in total. The average molecular weight is 230 g/mol. The van der Waals surface area contributed by atoms with Crippen LogP contribution in [0.15, 0.2) is 0 Å². The zero-order valence-electron chi connectivity index (χ0n) is 9.95. The average Bonchev–Trinajstić information content (AvgIpc) is 2.30. The standard InChI is InChI=1S/C11H22N2O3/c1-2-3-5-12-11(15)13-6-8-16-9-10(13)4-7-14/h10,14H,2-9H2,1H3,(H,12,15)/t10-/m0/s1. The zero-order valence-corrected chi connectivity index (χ0v) is 9.95. The minimum Gasteiger partial charge on any atom is -0.396 e. The van der Waals surface area contributed by atoms with Crippen LogP contribution in [0.3, 0.4) is 0 Å². The van der Waals surface area contributed by atoms with Crippen LogP contribution in [0.25, 0.3) is 0 Å². The van der Waals surface area contributed by atoms with Crippen molar-refractivity contribution in [2.24, 2.45) is 0 Å². The molecule has 1 heterocycles. The summed E-state index contributed by atoms with van der Waals surface area (Å²) in [5, 5.41) is 11.8. The second-order valence-electron chi connectivity index (χ2n) is 4.02. The van der Waals surface area contributed by atoms with E-state index >= 15 is 0 Å². The summed E-state index contributed by atoms with van der Waals surface area (Å²) in [6, 6.07) is -0.0180. The zero-order chi connectivity index (χ0) is 11.8. The monoisotopic (exact) mass is 230 g/mol. The van der Waals surface area contributed by atoms with Gasteiger partial charge in [-0.2, -0.15) is 0 Å². The van der Waals surface area contributed by atoms with Crippen molar-refractivity contribution in [3.63, 3.8) is 0 Å². The molecule has 0 spiro atoms. The van der Waals surface area contributed by atoms with E-state index < -0.39 is 0 Å². The first-order chi connectivity index (χ1) is 7.79. The quantitative estimate of drug-likeness (QED) is 0.679. The molecule has 5 nitrogen and oxygen atoms in total. The fourth-order valence-corrected chi connectivity index (χ4v) is 1.78. The molecule has 16 heavy (non-hydrogen) atoms. The van der Waals surface area contributed by atoms with Crippen LogP contribution in [0, 0.1) is 0 Å². The number of ether oxygens (including phenoxy) is 1. The molecule has 0 aliphatic carbocycles. The minimum atomic E-state index is -0.0322. The Kier molecular flexibility index (Phi) is 6.18. The van der Waals surface area contributed by atoms with E-state index in [0.29, 0.717) is 26.2 Å². The number of unbranched alkanes of at least 4 members (excludes halogenated alkanes) is 1. The summed E-state index contributed by atoms with van der Waals surface area (Å²) in [7, 11) is 0. The summed E-state index contributed by atoms with van der Waals surface area (Å²) < 4.78 is 5.31. The van der Waals surface area contributed by atoms with Gasteiger partial charge >= 0.3 is 6.03 Å². The smallest absolute Gasteiger partial charge is 0.317 e. The number of amides is 2. The number of carbonyl (C=O) groups is 1. The second-order valence-corrected chi connectivity index (χ2v) is 4.02. The van der Waals surface area contributed by atoms with Gasteiger partial charge in [0.25, 0.3) is 0 Å². The lowest BCUT2D eigenvalue weighted by atomic mass is 10.2. The number of morpholine rings is 1. The summed E-state index contributed by atoms with van der Waals surface area (Å²) in [6.45, 7) is 4.63. The highest BCUT2D eigenvalue weighted by atomic mass is 16.5. The molecule has 0 aromatic rings. The maximum absolute atomic E-state index is 11.8. The van der Waals surface area contributed by atoms with Gasteiger partial charge in [0, 0.05) is 19.7 Å². The van der Waals surface area contributed by atoms with E-state index in [4.69, 9.17) is 9.84 Å². The van der Waals surface area contributed by atoms with Crippen LogP contribution in [0.5, 0.6) is 0 Å². The van der Waals surface area contributed by atoms with E-state index in [1.54, 1.807) is 4.90 Å². The molecular formula is C11H22N2O3. The van der Waals surface area contributed by atoms with E-state index in [1.807, 2.05) is 0 Å². The Balaban J connectivity index is 2.37. The Bertz CT molecular complexity index is 209. The molecule has 5 heteroatoms. The highest BCUT2D eigenvalue weighted by Gasteiger charge is 2.26. The lowest BCUT2D eigenvalue weighted by Crippen LogP contribution is -2.52. The predicted octanol–water partition coefficient (Wildman–Crippen LogP) is 0.579. The van der Waals surface area contributed by atoms with Gasteiger partial charge in [0.2, 0.25) is 0 Å². The van der Waals surface area contributed by atoms with Gasteiger partial charge in [-0.25, -0.2) is 4.79 Å². The maximum atomic E-state index is 11.8. The van der Waals surface area contributed by atoms with Crippen LogP contribution in [0.4, 0.5) is 4.79 Å². The van der Waals surface area contributed by atoms with E-state index in [1.165, 1.54) is 0 Å². The number of hydrogen-bond acceptors (Lipinski definition) is 3. The molecule has 0 radical (unpaired) electrons. The van der Waals surface area contributed by atoms with Crippen LogP contribution in [0.2, 0.25) is 0 Å². The number of carbonyl (C=O) groups excluding carboxylic acids is 1. The SMILES string of the molecule is CCCCNC(=O)N1CCOC[C@@H]1CCO. The van der Waals surface area contributed by atoms with Crippen LogP contribution >= 0.6 is 0 Å². The van der Waals surface area contributed by atoms with Crippen molar-refractivity contribution in [2.75, 3.05) is 32.9 Å². The molecule has 1 atom stereocenters. The maximum Gasteiger partial charge on any atom is 0.317 e.